The second-order valence-electron chi connectivity index (χ2n) is 8.44. The highest BCUT2D eigenvalue weighted by Crippen LogP contribution is 2.44. The number of carbonyl (C=O) groups is 1. The molecule has 1 amide bonds. The van der Waals surface area contributed by atoms with Gasteiger partial charge in [0.25, 0.3) is 5.91 Å². The van der Waals surface area contributed by atoms with E-state index >= 15 is 0 Å². The molecule has 3 heterocycles. The highest BCUT2D eigenvalue weighted by Gasteiger charge is 2.43. The predicted octanol–water partition coefficient (Wildman–Crippen LogP) is 6.11. The quantitative estimate of drug-likeness (QED) is 0.458. The number of hydrogen-bond donors (Lipinski definition) is 2. The number of aromatic nitrogens is 1. The molecule has 0 radical (unpaired) electrons. The van der Waals surface area contributed by atoms with Crippen LogP contribution in [-0.4, -0.2) is 28.9 Å². The number of carbonyl (C=O) groups excluding carboxylic acids is 1. The van der Waals surface area contributed by atoms with Crippen LogP contribution < -0.4 is 5.32 Å². The number of nitrogens with zero attached hydrogens (tertiary/aromatic N) is 1. The van der Waals surface area contributed by atoms with Gasteiger partial charge in [0.15, 0.2) is 0 Å². The van der Waals surface area contributed by atoms with Gasteiger partial charge in [0.1, 0.15) is 4.64 Å². The summed E-state index contributed by atoms with van der Waals surface area (Å²) < 4.78 is 6.81. The van der Waals surface area contributed by atoms with Gasteiger partial charge in [0, 0.05) is 30.0 Å². The monoisotopic (exact) mass is 465 g/mol. The number of H-pyrrole nitrogens is 1. The molecule has 2 aromatic carbocycles. The molecule has 0 aliphatic carbocycles. The minimum absolute atomic E-state index is 0.0218. The molecule has 0 unspecified atom stereocenters. The first-order valence-corrected chi connectivity index (χ1v) is 11.5. The Labute approximate surface area is 197 Å². The molecule has 1 fully saturated rings. The van der Waals surface area contributed by atoms with Gasteiger partial charge in [-0.05, 0) is 60.7 Å². The number of benzene rings is 2. The van der Waals surface area contributed by atoms with Gasteiger partial charge in [-0.2, -0.15) is 0 Å². The first kappa shape index (κ1) is 21.2. The summed E-state index contributed by atoms with van der Waals surface area (Å²) in [7, 11) is 0. The lowest BCUT2D eigenvalue weighted by Gasteiger charge is -2.39. The fourth-order valence-electron chi connectivity index (χ4n) is 4.70. The third-order valence-corrected chi connectivity index (χ3v) is 6.95. The van der Waals surface area contributed by atoms with E-state index in [9.17, 15) is 4.79 Å². The zero-order chi connectivity index (χ0) is 22.3. The van der Waals surface area contributed by atoms with Crippen molar-refractivity contribution >= 4 is 41.1 Å². The van der Waals surface area contributed by atoms with Gasteiger partial charge in [-0.15, -0.1) is 0 Å². The Hall–Kier alpha value is -2.67. The summed E-state index contributed by atoms with van der Waals surface area (Å²) in [5.74, 6) is -0.0218. The van der Waals surface area contributed by atoms with E-state index in [0.717, 1.165) is 24.1 Å². The number of likely N-dealkylation sites (tertiary alicyclic amines) is 1. The Kier molecular flexibility index (Phi) is 5.53. The molecule has 2 aliphatic rings. The van der Waals surface area contributed by atoms with Crippen molar-refractivity contribution in [3.63, 3.8) is 0 Å². The van der Waals surface area contributed by atoms with Crippen LogP contribution in [0.5, 0.6) is 0 Å². The molecule has 1 aromatic heterocycles. The van der Waals surface area contributed by atoms with Crippen molar-refractivity contribution in [1.29, 1.82) is 0 Å². The lowest BCUT2D eigenvalue weighted by molar-refractivity contribution is -0.0741. The van der Waals surface area contributed by atoms with Crippen molar-refractivity contribution in [3.8, 4) is 0 Å². The van der Waals surface area contributed by atoms with E-state index in [1.54, 1.807) is 12.3 Å². The Morgan fingerprint density at radius 1 is 1.16 bits per heavy atom. The fourth-order valence-corrected chi connectivity index (χ4v) is 5.11. The van der Waals surface area contributed by atoms with Gasteiger partial charge in [0.2, 0.25) is 0 Å². The molecule has 164 valence electrons. The van der Waals surface area contributed by atoms with Crippen LogP contribution in [-0.2, 0) is 16.9 Å². The fraction of sp³-hybridized carbons (Fsp3) is 0.280. The summed E-state index contributed by atoms with van der Waals surface area (Å²) in [6, 6.07) is 15.8. The summed E-state index contributed by atoms with van der Waals surface area (Å²) in [6.45, 7) is 3.90. The van der Waals surface area contributed by atoms with E-state index in [0.29, 0.717) is 40.6 Å². The normalized spacial score (nSPS) is 16.8. The Morgan fingerprint density at radius 3 is 2.72 bits per heavy atom. The van der Waals surface area contributed by atoms with Gasteiger partial charge in [-0.3, -0.25) is 4.79 Å². The van der Waals surface area contributed by atoms with Crippen LogP contribution in [0.1, 0.15) is 39.9 Å². The van der Waals surface area contributed by atoms with Crippen molar-refractivity contribution in [1.82, 2.24) is 9.88 Å². The Bertz CT molecular complexity index is 1250. The van der Waals surface area contributed by atoms with E-state index in [-0.39, 0.29) is 11.5 Å². The van der Waals surface area contributed by atoms with Crippen molar-refractivity contribution < 1.29 is 9.53 Å². The molecular weight excluding hydrogens is 442 g/mol. The minimum Gasteiger partial charge on any atom is -0.365 e. The van der Waals surface area contributed by atoms with Gasteiger partial charge in [0.05, 0.1) is 23.5 Å². The second kappa shape index (κ2) is 8.35. The van der Waals surface area contributed by atoms with Gasteiger partial charge in [-0.25, -0.2) is 0 Å². The molecule has 2 aliphatic heterocycles. The number of pyridine rings is 1. The van der Waals surface area contributed by atoms with Crippen LogP contribution in [0.25, 0.3) is 0 Å². The van der Waals surface area contributed by atoms with Crippen molar-refractivity contribution in [2.45, 2.75) is 32.0 Å². The topological polar surface area (TPSA) is 57.4 Å². The maximum atomic E-state index is 13.5. The molecule has 0 bridgehead atoms. The standard InChI is InChI=1S/C25H24ClN3O2S/c1-16-12-18(26)6-7-21(16)28-22-13-23(32)27-14-19(22)24(30)29-10-8-25(9-11-29)20-5-3-2-4-17(20)15-31-25/h2-7,12-14H,8-11,15H2,1H3,(H2,27,28,32). The second-order valence-corrected chi connectivity index (χ2v) is 9.32. The smallest absolute Gasteiger partial charge is 0.257 e. The summed E-state index contributed by atoms with van der Waals surface area (Å²) >= 11 is 11.4. The first-order chi connectivity index (χ1) is 15.4. The molecule has 5 rings (SSSR count). The number of piperidine rings is 1. The number of amides is 1. The summed E-state index contributed by atoms with van der Waals surface area (Å²) in [5, 5.41) is 4.05. The first-order valence-electron chi connectivity index (χ1n) is 10.7. The zero-order valence-corrected chi connectivity index (χ0v) is 19.4. The maximum Gasteiger partial charge on any atom is 0.257 e. The Balaban J connectivity index is 1.37. The highest BCUT2D eigenvalue weighted by atomic mass is 35.5. The SMILES string of the molecule is Cc1cc(Cl)ccc1Nc1cc(=S)[nH]cc1C(=O)N1CCC2(CC1)OCc1ccccc12. The largest absolute Gasteiger partial charge is 0.365 e. The van der Waals surface area contributed by atoms with Gasteiger partial charge in [-0.1, -0.05) is 48.1 Å². The van der Waals surface area contributed by atoms with E-state index < -0.39 is 0 Å². The molecule has 1 spiro atoms. The molecule has 1 saturated heterocycles. The van der Waals surface area contributed by atoms with Crippen LogP contribution in [0, 0.1) is 11.6 Å². The summed E-state index contributed by atoms with van der Waals surface area (Å²) in [5.41, 5.74) is 5.39. The van der Waals surface area contributed by atoms with E-state index in [4.69, 9.17) is 28.6 Å². The van der Waals surface area contributed by atoms with E-state index in [2.05, 4.69) is 34.6 Å². The summed E-state index contributed by atoms with van der Waals surface area (Å²) in [4.78, 5) is 18.4. The highest BCUT2D eigenvalue weighted by molar-refractivity contribution is 7.71. The number of rotatable bonds is 3. The number of hydrogen-bond acceptors (Lipinski definition) is 4. The van der Waals surface area contributed by atoms with Crippen molar-refractivity contribution in [2.75, 3.05) is 18.4 Å². The predicted molar refractivity (Wildman–Crippen MR) is 129 cm³/mol. The molecule has 32 heavy (non-hydrogen) atoms. The number of fused-ring (bicyclic) bond motifs is 2. The molecule has 7 heteroatoms. The lowest BCUT2D eigenvalue weighted by Crippen LogP contribution is -2.45. The van der Waals surface area contributed by atoms with Crippen molar-refractivity contribution in [3.05, 3.63) is 86.6 Å². The molecule has 3 aromatic rings. The molecule has 0 atom stereocenters. The number of halogens is 1. The number of aryl methyl sites for hydroxylation is 1. The third-order valence-electron chi connectivity index (χ3n) is 6.48. The maximum absolute atomic E-state index is 13.5. The molecule has 0 saturated carbocycles. The number of anilines is 2. The van der Waals surface area contributed by atoms with Crippen molar-refractivity contribution in [2.24, 2.45) is 0 Å². The van der Waals surface area contributed by atoms with Gasteiger partial charge < -0.3 is 19.9 Å². The lowest BCUT2D eigenvalue weighted by atomic mass is 9.83. The van der Waals surface area contributed by atoms with Gasteiger partial charge >= 0.3 is 0 Å². The van der Waals surface area contributed by atoms with Crippen LogP contribution in [0.15, 0.2) is 54.7 Å². The average Bonchev–Trinajstić information content (AvgIpc) is 3.14. The average molecular weight is 466 g/mol. The molecule has 2 N–H and O–H groups in total. The number of nitrogens with one attached hydrogen (secondary N) is 2. The van der Waals surface area contributed by atoms with Crippen LogP contribution >= 0.6 is 23.8 Å². The summed E-state index contributed by atoms with van der Waals surface area (Å²) in [6.07, 6.45) is 3.28. The molecule has 5 nitrogen and oxygen atoms in total. The third kappa shape index (κ3) is 3.83. The zero-order valence-electron chi connectivity index (χ0n) is 17.8. The van der Waals surface area contributed by atoms with E-state index in [1.807, 2.05) is 30.0 Å². The number of aromatic amines is 1. The minimum atomic E-state index is -0.272. The molecular formula is C25H24ClN3O2S. The Morgan fingerprint density at radius 2 is 1.94 bits per heavy atom. The van der Waals surface area contributed by atoms with E-state index in [1.165, 1.54) is 11.1 Å². The van der Waals surface area contributed by atoms with Crippen LogP contribution in [0.4, 0.5) is 11.4 Å². The van der Waals surface area contributed by atoms with Crippen LogP contribution in [0.3, 0.4) is 0 Å². The van der Waals surface area contributed by atoms with Crippen LogP contribution in [0.2, 0.25) is 5.02 Å². The number of ether oxygens (including phenoxy) is 1.